The molecule has 0 bridgehead atoms. The maximum Gasteiger partial charge on any atom is 0.314 e. The molecule has 6 nitrogen and oxygen atoms in total. The molecular formula is C15H21N5OS. The van der Waals surface area contributed by atoms with Crippen LogP contribution in [0.2, 0.25) is 0 Å². The lowest BCUT2D eigenvalue weighted by Gasteiger charge is -2.31. The molecule has 1 aliphatic heterocycles. The monoisotopic (exact) mass is 319 g/mol. The van der Waals surface area contributed by atoms with Gasteiger partial charge in [0.2, 0.25) is 0 Å². The molecule has 22 heavy (non-hydrogen) atoms. The van der Waals surface area contributed by atoms with Crippen molar-refractivity contribution in [3.8, 4) is 0 Å². The second kappa shape index (κ2) is 6.39. The number of aromatic nitrogens is 2. The first kappa shape index (κ1) is 14.9. The summed E-state index contributed by atoms with van der Waals surface area (Å²) in [6.45, 7) is 4.33. The number of hydrogen-bond donors (Lipinski definition) is 2. The summed E-state index contributed by atoms with van der Waals surface area (Å²) < 4.78 is 1.99. The number of rotatable bonds is 4. The van der Waals surface area contributed by atoms with Gasteiger partial charge in [-0.2, -0.15) is 5.10 Å². The molecule has 1 saturated heterocycles. The predicted octanol–water partition coefficient (Wildman–Crippen LogP) is 2.26. The molecule has 0 aromatic carbocycles. The highest BCUT2D eigenvalue weighted by atomic mass is 32.1. The van der Waals surface area contributed by atoms with Crippen molar-refractivity contribution >= 4 is 23.2 Å². The Morgan fingerprint density at radius 3 is 2.82 bits per heavy atom. The number of carbonyl (C=O) groups excluding carboxylic acids is 1. The lowest BCUT2D eigenvalue weighted by atomic mass is 10.1. The first-order chi connectivity index (χ1) is 10.6. The van der Waals surface area contributed by atoms with Gasteiger partial charge >= 0.3 is 6.03 Å². The standard InChI is InChI=1S/C15H21N5OS/c1-11-2-3-13(22-11)10-20-14(4-7-17-20)18-12-5-8-19(9-6-12)15(16)21/h2-4,7,12,18H,5-6,8-10H2,1H3,(H2,16,21). The molecule has 2 aromatic rings. The summed E-state index contributed by atoms with van der Waals surface area (Å²) in [6.07, 6.45) is 3.64. The van der Waals surface area contributed by atoms with E-state index < -0.39 is 0 Å². The highest BCUT2D eigenvalue weighted by Gasteiger charge is 2.21. The second-order valence-electron chi connectivity index (χ2n) is 5.63. The predicted molar refractivity (Wildman–Crippen MR) is 88.2 cm³/mol. The number of thiophene rings is 1. The minimum absolute atomic E-state index is 0.323. The number of piperidine rings is 1. The molecule has 3 rings (SSSR count). The fourth-order valence-electron chi connectivity index (χ4n) is 2.75. The number of nitrogens with two attached hydrogens (primary N) is 1. The summed E-state index contributed by atoms with van der Waals surface area (Å²) >= 11 is 1.80. The maximum atomic E-state index is 11.2. The zero-order chi connectivity index (χ0) is 15.5. The fraction of sp³-hybridized carbons (Fsp3) is 0.467. The smallest absolute Gasteiger partial charge is 0.314 e. The molecule has 3 N–H and O–H groups in total. The van der Waals surface area contributed by atoms with Gasteiger partial charge in [-0.15, -0.1) is 11.3 Å². The molecule has 3 heterocycles. The van der Waals surface area contributed by atoms with Crippen LogP contribution < -0.4 is 11.1 Å². The van der Waals surface area contributed by atoms with E-state index in [1.54, 1.807) is 16.2 Å². The first-order valence-corrected chi connectivity index (χ1v) is 8.31. The van der Waals surface area contributed by atoms with Crippen LogP contribution in [-0.4, -0.2) is 39.8 Å². The van der Waals surface area contributed by atoms with Crippen molar-refractivity contribution < 1.29 is 4.79 Å². The van der Waals surface area contributed by atoms with Crippen molar-refractivity contribution in [2.24, 2.45) is 5.73 Å². The molecule has 7 heteroatoms. The second-order valence-corrected chi connectivity index (χ2v) is 7.00. The minimum Gasteiger partial charge on any atom is -0.367 e. The number of carbonyl (C=O) groups is 1. The Morgan fingerprint density at radius 2 is 2.18 bits per heavy atom. The van der Waals surface area contributed by atoms with Crippen LogP contribution in [0.4, 0.5) is 10.6 Å². The Labute approximate surface area is 133 Å². The van der Waals surface area contributed by atoms with Crippen molar-refractivity contribution in [2.45, 2.75) is 32.4 Å². The molecule has 1 fully saturated rings. The molecule has 0 radical (unpaired) electrons. The van der Waals surface area contributed by atoms with Gasteiger partial charge in [0.05, 0.1) is 12.7 Å². The van der Waals surface area contributed by atoms with Gasteiger partial charge in [0.1, 0.15) is 5.82 Å². The lowest BCUT2D eigenvalue weighted by Crippen LogP contribution is -2.44. The molecule has 1 aliphatic rings. The van der Waals surface area contributed by atoms with Crippen molar-refractivity contribution in [3.63, 3.8) is 0 Å². The van der Waals surface area contributed by atoms with E-state index in [1.165, 1.54) is 9.75 Å². The van der Waals surface area contributed by atoms with Crippen LogP contribution >= 0.6 is 11.3 Å². The molecule has 0 unspecified atom stereocenters. The summed E-state index contributed by atoms with van der Waals surface area (Å²) in [4.78, 5) is 15.5. The number of anilines is 1. The van der Waals surface area contributed by atoms with Gasteiger partial charge < -0.3 is 16.0 Å². The number of amides is 2. The number of urea groups is 1. The first-order valence-electron chi connectivity index (χ1n) is 7.50. The topological polar surface area (TPSA) is 76.2 Å². The third kappa shape index (κ3) is 3.41. The molecule has 118 valence electrons. The van der Waals surface area contributed by atoms with Gasteiger partial charge in [-0.3, -0.25) is 0 Å². The van der Waals surface area contributed by atoms with E-state index in [0.29, 0.717) is 19.1 Å². The van der Waals surface area contributed by atoms with Crippen LogP contribution in [0.15, 0.2) is 24.4 Å². The van der Waals surface area contributed by atoms with E-state index >= 15 is 0 Å². The van der Waals surface area contributed by atoms with Crippen LogP contribution in [0.5, 0.6) is 0 Å². The Kier molecular flexibility index (Phi) is 4.33. The highest BCUT2D eigenvalue weighted by Crippen LogP contribution is 2.20. The lowest BCUT2D eigenvalue weighted by molar-refractivity contribution is 0.193. The summed E-state index contributed by atoms with van der Waals surface area (Å²) in [5.74, 6) is 1.03. The van der Waals surface area contributed by atoms with Crippen molar-refractivity contribution in [3.05, 3.63) is 34.2 Å². The largest absolute Gasteiger partial charge is 0.367 e. The van der Waals surface area contributed by atoms with Gasteiger partial charge in [0, 0.05) is 35.0 Å². The van der Waals surface area contributed by atoms with Crippen LogP contribution in [-0.2, 0) is 6.54 Å². The van der Waals surface area contributed by atoms with E-state index in [-0.39, 0.29) is 6.03 Å². The number of nitrogens with one attached hydrogen (secondary N) is 1. The van der Waals surface area contributed by atoms with E-state index in [0.717, 1.165) is 25.2 Å². The average Bonchev–Trinajstić information content (AvgIpc) is 3.10. The van der Waals surface area contributed by atoms with Gasteiger partial charge in [0.25, 0.3) is 0 Å². The zero-order valence-corrected chi connectivity index (χ0v) is 13.5. The number of primary amides is 1. The van der Waals surface area contributed by atoms with Crippen molar-refractivity contribution in [1.82, 2.24) is 14.7 Å². The molecule has 0 atom stereocenters. The molecule has 2 amide bonds. The summed E-state index contributed by atoms with van der Waals surface area (Å²) in [5.41, 5.74) is 5.31. The van der Waals surface area contributed by atoms with Crippen LogP contribution in [0.3, 0.4) is 0 Å². The van der Waals surface area contributed by atoms with Crippen LogP contribution in [0.25, 0.3) is 0 Å². The Hall–Kier alpha value is -2.02. The average molecular weight is 319 g/mol. The SMILES string of the molecule is Cc1ccc(Cn2nccc2NC2CCN(C(N)=O)CC2)s1. The van der Waals surface area contributed by atoms with Crippen molar-refractivity contribution in [2.75, 3.05) is 18.4 Å². The number of aryl methyl sites for hydroxylation is 1. The Morgan fingerprint density at radius 1 is 1.41 bits per heavy atom. The Balaban J connectivity index is 1.60. The third-order valence-corrected chi connectivity index (χ3v) is 4.96. The summed E-state index contributed by atoms with van der Waals surface area (Å²) in [6, 6.07) is 6.32. The summed E-state index contributed by atoms with van der Waals surface area (Å²) in [7, 11) is 0. The number of nitrogens with zero attached hydrogens (tertiary/aromatic N) is 3. The van der Waals surface area contributed by atoms with Gasteiger partial charge in [-0.1, -0.05) is 0 Å². The van der Waals surface area contributed by atoms with Gasteiger partial charge in [-0.25, -0.2) is 9.48 Å². The highest BCUT2D eigenvalue weighted by molar-refractivity contribution is 7.11. The molecule has 0 aliphatic carbocycles. The quantitative estimate of drug-likeness (QED) is 0.907. The fourth-order valence-corrected chi connectivity index (χ4v) is 3.62. The number of likely N-dealkylation sites (tertiary alicyclic amines) is 1. The van der Waals surface area contributed by atoms with Crippen LogP contribution in [0, 0.1) is 6.92 Å². The third-order valence-electron chi connectivity index (χ3n) is 3.98. The molecule has 0 saturated carbocycles. The molecular weight excluding hydrogens is 298 g/mol. The molecule has 2 aromatic heterocycles. The van der Waals surface area contributed by atoms with Crippen molar-refractivity contribution in [1.29, 1.82) is 0 Å². The van der Waals surface area contributed by atoms with E-state index in [4.69, 9.17) is 5.73 Å². The maximum absolute atomic E-state index is 11.2. The van der Waals surface area contributed by atoms with E-state index in [1.807, 2.05) is 16.9 Å². The van der Waals surface area contributed by atoms with E-state index in [9.17, 15) is 4.79 Å². The zero-order valence-electron chi connectivity index (χ0n) is 12.7. The normalized spacial score (nSPS) is 16.0. The Bertz CT molecular complexity index is 642. The molecule has 0 spiro atoms. The van der Waals surface area contributed by atoms with Crippen LogP contribution in [0.1, 0.15) is 22.6 Å². The summed E-state index contributed by atoms with van der Waals surface area (Å²) in [5, 5.41) is 7.95. The number of hydrogen-bond acceptors (Lipinski definition) is 4. The minimum atomic E-state index is -0.323. The van der Waals surface area contributed by atoms with Gasteiger partial charge in [0.15, 0.2) is 0 Å². The van der Waals surface area contributed by atoms with Gasteiger partial charge in [-0.05, 0) is 31.9 Å². The van der Waals surface area contributed by atoms with E-state index in [2.05, 4.69) is 29.5 Å².